The molecule has 1 aromatic rings. The van der Waals surface area contributed by atoms with Gasteiger partial charge < -0.3 is 5.32 Å². The molecule has 1 heterocycles. The number of hydrogen-bond donors (Lipinski definition) is 1. The van der Waals surface area contributed by atoms with E-state index in [-0.39, 0.29) is 6.03 Å². The van der Waals surface area contributed by atoms with Crippen molar-refractivity contribution in [3.05, 3.63) is 34.9 Å². The fraction of sp³-hybridized carbons (Fsp3) is 0.692. The van der Waals surface area contributed by atoms with Crippen LogP contribution in [0, 0.1) is 5.92 Å². The molecule has 31 heavy (non-hydrogen) atoms. The highest BCUT2D eigenvalue weighted by Gasteiger charge is 2.31. The molecule has 0 bridgehead atoms. The Morgan fingerprint density at radius 3 is 2.32 bits per heavy atom. The maximum absolute atomic E-state index is 12.9. The van der Waals surface area contributed by atoms with Crippen molar-refractivity contribution in [1.29, 1.82) is 0 Å². The van der Waals surface area contributed by atoms with E-state index in [0.717, 1.165) is 35.6 Å². The summed E-state index contributed by atoms with van der Waals surface area (Å²) in [5.41, 5.74) is 2.13. The average molecular weight is 446 g/mol. The van der Waals surface area contributed by atoms with Gasteiger partial charge in [-0.15, -0.1) is 0 Å². The van der Waals surface area contributed by atoms with Crippen molar-refractivity contribution in [2.24, 2.45) is 11.0 Å². The number of nitrogens with one attached hydrogen (secondary N) is 1. The number of unbranched alkanes of at least 4 members (excludes halogenated alkanes) is 7. The summed E-state index contributed by atoms with van der Waals surface area (Å²) < 4.78 is 0. The fourth-order valence-corrected chi connectivity index (χ4v) is 4.96. The fourth-order valence-electron chi connectivity index (χ4n) is 4.84. The molecule has 0 aromatic heterocycles. The van der Waals surface area contributed by atoms with Crippen molar-refractivity contribution < 1.29 is 4.79 Å². The second-order valence-electron chi connectivity index (χ2n) is 9.32. The molecule has 3 rings (SSSR count). The van der Waals surface area contributed by atoms with Crippen LogP contribution in [0.2, 0.25) is 5.02 Å². The standard InChI is InChI=1S/C26H40ClN3O/c1-2-3-4-5-6-7-8-10-13-22-20-30(26(31)28-24-14-11-9-12-15-24)29-25(22)21-16-18-23(27)19-17-21/h16-19,22,24H,2-15,20H2,1H3,(H,28,31). The van der Waals surface area contributed by atoms with E-state index in [0.29, 0.717) is 18.5 Å². The van der Waals surface area contributed by atoms with Crippen molar-refractivity contribution in [1.82, 2.24) is 10.3 Å². The van der Waals surface area contributed by atoms with Crippen LogP contribution in [0.1, 0.15) is 102 Å². The molecule has 4 nitrogen and oxygen atoms in total. The predicted octanol–water partition coefficient (Wildman–Crippen LogP) is 7.55. The zero-order valence-electron chi connectivity index (χ0n) is 19.3. The lowest BCUT2D eigenvalue weighted by atomic mass is 9.92. The van der Waals surface area contributed by atoms with Gasteiger partial charge in [0.1, 0.15) is 0 Å². The van der Waals surface area contributed by atoms with E-state index in [9.17, 15) is 4.79 Å². The molecule has 1 fully saturated rings. The summed E-state index contributed by atoms with van der Waals surface area (Å²) in [7, 11) is 0. The van der Waals surface area contributed by atoms with Crippen LogP contribution in [-0.2, 0) is 0 Å². The summed E-state index contributed by atoms with van der Waals surface area (Å²) in [5.74, 6) is 0.304. The summed E-state index contributed by atoms with van der Waals surface area (Å²) >= 11 is 6.09. The number of amides is 2. The average Bonchev–Trinajstić information content (AvgIpc) is 3.21. The summed E-state index contributed by atoms with van der Waals surface area (Å²) in [6, 6.07) is 8.17. The van der Waals surface area contributed by atoms with Crippen molar-refractivity contribution in [2.45, 2.75) is 103 Å². The lowest BCUT2D eigenvalue weighted by Crippen LogP contribution is -2.43. The third-order valence-electron chi connectivity index (χ3n) is 6.72. The van der Waals surface area contributed by atoms with Crippen LogP contribution in [-0.4, -0.2) is 29.3 Å². The summed E-state index contributed by atoms with van der Waals surface area (Å²) in [5, 5.41) is 10.4. The van der Waals surface area contributed by atoms with Crippen molar-refractivity contribution in [3.63, 3.8) is 0 Å². The predicted molar refractivity (Wildman–Crippen MR) is 131 cm³/mol. The Labute approximate surface area is 193 Å². The summed E-state index contributed by atoms with van der Waals surface area (Å²) in [4.78, 5) is 12.9. The SMILES string of the molecule is CCCCCCCCCCC1CN(C(=O)NC2CCCCC2)N=C1c1ccc(Cl)cc1. The second kappa shape index (κ2) is 13.1. The van der Waals surface area contributed by atoms with E-state index in [1.54, 1.807) is 5.01 Å². The number of halogens is 1. The zero-order valence-corrected chi connectivity index (χ0v) is 20.0. The topological polar surface area (TPSA) is 44.7 Å². The molecule has 1 aliphatic heterocycles. The Balaban J connectivity index is 1.53. The Bertz CT molecular complexity index is 697. The largest absolute Gasteiger partial charge is 0.338 e. The van der Waals surface area contributed by atoms with E-state index in [1.165, 1.54) is 70.6 Å². The molecule has 0 spiro atoms. The summed E-state index contributed by atoms with van der Waals surface area (Å²) in [6.07, 6.45) is 17.5. The maximum Gasteiger partial charge on any atom is 0.338 e. The highest BCUT2D eigenvalue weighted by molar-refractivity contribution is 6.30. The number of rotatable bonds is 11. The van der Waals surface area contributed by atoms with Gasteiger partial charge in [-0.1, -0.05) is 101 Å². The smallest absolute Gasteiger partial charge is 0.334 e. The Morgan fingerprint density at radius 2 is 1.65 bits per heavy atom. The molecule has 172 valence electrons. The number of hydrogen-bond acceptors (Lipinski definition) is 2. The highest BCUT2D eigenvalue weighted by atomic mass is 35.5. The molecule has 0 radical (unpaired) electrons. The minimum absolute atomic E-state index is 0.0308. The molecular formula is C26H40ClN3O. The summed E-state index contributed by atoms with van der Waals surface area (Å²) in [6.45, 7) is 2.95. The van der Waals surface area contributed by atoms with E-state index in [1.807, 2.05) is 24.3 Å². The zero-order chi connectivity index (χ0) is 21.9. The van der Waals surface area contributed by atoms with Gasteiger partial charge in [0.25, 0.3) is 0 Å². The van der Waals surface area contributed by atoms with Gasteiger partial charge in [-0.05, 0) is 37.0 Å². The molecule has 1 N–H and O–H groups in total. The van der Waals surface area contributed by atoms with Crippen LogP contribution in [0.5, 0.6) is 0 Å². The molecule has 1 atom stereocenters. The molecule has 1 aromatic carbocycles. The molecular weight excluding hydrogens is 406 g/mol. The molecule has 1 aliphatic carbocycles. The van der Waals surface area contributed by atoms with Gasteiger partial charge in [-0.3, -0.25) is 0 Å². The maximum atomic E-state index is 12.9. The Hall–Kier alpha value is -1.55. The number of urea groups is 1. The molecule has 1 saturated carbocycles. The molecule has 5 heteroatoms. The van der Waals surface area contributed by atoms with Crippen LogP contribution in [0.4, 0.5) is 4.79 Å². The van der Waals surface area contributed by atoms with Gasteiger partial charge in [-0.2, -0.15) is 5.10 Å². The lowest BCUT2D eigenvalue weighted by molar-refractivity contribution is 0.193. The second-order valence-corrected chi connectivity index (χ2v) is 9.76. The minimum Gasteiger partial charge on any atom is -0.334 e. The lowest BCUT2D eigenvalue weighted by Gasteiger charge is -2.24. The van der Waals surface area contributed by atoms with Gasteiger partial charge in [0.05, 0.1) is 12.3 Å². The Morgan fingerprint density at radius 1 is 1.00 bits per heavy atom. The van der Waals surface area contributed by atoms with E-state index < -0.39 is 0 Å². The monoisotopic (exact) mass is 445 g/mol. The van der Waals surface area contributed by atoms with Crippen LogP contribution in [0.3, 0.4) is 0 Å². The van der Waals surface area contributed by atoms with Crippen LogP contribution in [0.25, 0.3) is 0 Å². The first-order valence-electron chi connectivity index (χ1n) is 12.6. The first kappa shape index (κ1) is 24.1. The van der Waals surface area contributed by atoms with Crippen molar-refractivity contribution in [3.8, 4) is 0 Å². The molecule has 1 unspecified atom stereocenters. The quantitative estimate of drug-likeness (QED) is 0.351. The van der Waals surface area contributed by atoms with Gasteiger partial charge >= 0.3 is 6.03 Å². The number of benzene rings is 1. The number of hydrazone groups is 1. The number of nitrogens with zero attached hydrogens (tertiary/aromatic N) is 2. The number of carbonyl (C=O) groups excluding carboxylic acids is 1. The van der Waals surface area contributed by atoms with Gasteiger partial charge in [0, 0.05) is 17.0 Å². The third kappa shape index (κ3) is 7.82. The normalized spacial score (nSPS) is 19.5. The highest BCUT2D eigenvalue weighted by Crippen LogP contribution is 2.26. The van der Waals surface area contributed by atoms with Gasteiger partial charge in [-0.25, -0.2) is 9.80 Å². The third-order valence-corrected chi connectivity index (χ3v) is 6.97. The minimum atomic E-state index is -0.0308. The Kier molecular flexibility index (Phi) is 10.2. The van der Waals surface area contributed by atoms with Crippen molar-refractivity contribution in [2.75, 3.05) is 6.54 Å². The van der Waals surface area contributed by atoms with E-state index >= 15 is 0 Å². The first-order chi connectivity index (χ1) is 15.2. The van der Waals surface area contributed by atoms with Crippen LogP contribution < -0.4 is 5.32 Å². The van der Waals surface area contributed by atoms with E-state index in [2.05, 4.69) is 12.2 Å². The van der Waals surface area contributed by atoms with Crippen molar-refractivity contribution >= 4 is 23.3 Å². The molecule has 2 amide bonds. The molecule has 0 saturated heterocycles. The van der Waals surface area contributed by atoms with Gasteiger partial charge in [0.2, 0.25) is 0 Å². The number of carbonyl (C=O) groups is 1. The van der Waals surface area contributed by atoms with Gasteiger partial charge in [0.15, 0.2) is 0 Å². The van der Waals surface area contributed by atoms with Crippen LogP contribution in [0.15, 0.2) is 29.4 Å². The first-order valence-corrected chi connectivity index (χ1v) is 13.0. The van der Waals surface area contributed by atoms with E-state index in [4.69, 9.17) is 16.7 Å². The molecule has 2 aliphatic rings. The van der Waals surface area contributed by atoms with Crippen LogP contribution >= 0.6 is 11.6 Å².